The molecule has 0 bridgehead atoms. The van der Waals surface area contributed by atoms with Crippen molar-refractivity contribution in [3.8, 4) is 0 Å². The molecular weight excluding hydrogens is 330 g/mol. The Morgan fingerprint density at radius 1 is 1.46 bits per heavy atom. The van der Waals surface area contributed by atoms with Gasteiger partial charge < -0.3 is 19.7 Å². The number of carbonyl (C=O) groups excluding carboxylic acids is 2. The minimum absolute atomic E-state index is 0.0732. The molecule has 0 aromatic heterocycles. The van der Waals surface area contributed by atoms with Gasteiger partial charge in [-0.2, -0.15) is 0 Å². The fraction of sp³-hybridized carbons (Fsp3) is 0.812. The average Bonchev–Trinajstić information content (AvgIpc) is 3.00. The number of amides is 1. The van der Waals surface area contributed by atoms with Gasteiger partial charge in [0.15, 0.2) is 5.11 Å². The monoisotopic (exact) mass is 357 g/mol. The first-order valence-electron chi connectivity index (χ1n) is 8.52. The van der Waals surface area contributed by atoms with Crippen molar-refractivity contribution < 1.29 is 19.1 Å². The molecule has 0 spiro atoms. The van der Waals surface area contributed by atoms with Crippen LogP contribution in [0.2, 0.25) is 0 Å². The number of esters is 1. The second-order valence-corrected chi connectivity index (χ2v) is 6.78. The van der Waals surface area contributed by atoms with Crippen molar-refractivity contribution in [3.63, 3.8) is 0 Å². The lowest BCUT2D eigenvalue weighted by molar-refractivity contribution is -0.139. The number of piperidine rings is 1. The van der Waals surface area contributed by atoms with Crippen LogP contribution in [0.15, 0.2) is 0 Å². The van der Waals surface area contributed by atoms with Crippen LogP contribution in [-0.2, 0) is 14.3 Å². The Labute approximate surface area is 148 Å². The second-order valence-electron chi connectivity index (χ2n) is 6.39. The molecule has 0 saturated carbocycles. The van der Waals surface area contributed by atoms with Gasteiger partial charge in [0.1, 0.15) is 13.2 Å². The van der Waals surface area contributed by atoms with Gasteiger partial charge in [0, 0.05) is 19.1 Å². The lowest BCUT2D eigenvalue weighted by Crippen LogP contribution is -2.53. The van der Waals surface area contributed by atoms with Crippen LogP contribution in [0.1, 0.15) is 33.1 Å². The Hall–Kier alpha value is -1.57. The molecule has 8 heteroatoms. The number of rotatable bonds is 5. The van der Waals surface area contributed by atoms with Crippen LogP contribution < -0.4 is 5.32 Å². The van der Waals surface area contributed by atoms with Gasteiger partial charge in [-0.25, -0.2) is 4.79 Å². The molecular formula is C16H27N3O4S. The van der Waals surface area contributed by atoms with Gasteiger partial charge in [-0.3, -0.25) is 9.69 Å². The lowest BCUT2D eigenvalue weighted by atomic mass is 9.95. The van der Waals surface area contributed by atoms with Crippen molar-refractivity contribution in [1.29, 1.82) is 0 Å². The van der Waals surface area contributed by atoms with Gasteiger partial charge in [0.05, 0.1) is 13.2 Å². The Balaban J connectivity index is 1.86. The molecule has 0 aliphatic carbocycles. The van der Waals surface area contributed by atoms with Gasteiger partial charge in [-0.15, -0.1) is 0 Å². The third-order valence-corrected chi connectivity index (χ3v) is 5.41. The summed E-state index contributed by atoms with van der Waals surface area (Å²) in [4.78, 5) is 27.3. The van der Waals surface area contributed by atoms with Gasteiger partial charge in [0.2, 0.25) is 0 Å². The Kier molecular flexibility index (Phi) is 6.65. The minimum Gasteiger partial charge on any atom is -0.468 e. The third-order valence-electron chi connectivity index (χ3n) is 5.00. The molecule has 0 aromatic rings. The number of thiocarbonyl (C=S) groups is 1. The number of hydrogen-bond donors (Lipinski definition) is 1. The van der Waals surface area contributed by atoms with Crippen LogP contribution in [0.25, 0.3) is 0 Å². The molecule has 2 unspecified atom stereocenters. The maximum absolute atomic E-state index is 12.1. The number of carbonyl (C=O) groups is 2. The molecule has 2 atom stereocenters. The summed E-state index contributed by atoms with van der Waals surface area (Å²) in [6, 6.07) is 0.363. The fourth-order valence-corrected chi connectivity index (χ4v) is 3.51. The Morgan fingerprint density at radius 2 is 2.12 bits per heavy atom. The highest BCUT2D eigenvalue weighted by atomic mass is 32.1. The topological polar surface area (TPSA) is 71.1 Å². The summed E-state index contributed by atoms with van der Waals surface area (Å²) in [5.74, 6) is 0.0840. The molecule has 2 heterocycles. The van der Waals surface area contributed by atoms with Gasteiger partial charge in [-0.1, -0.05) is 20.3 Å². The van der Waals surface area contributed by atoms with Crippen molar-refractivity contribution in [3.05, 3.63) is 0 Å². The minimum atomic E-state index is -0.344. The van der Waals surface area contributed by atoms with Crippen molar-refractivity contribution >= 4 is 29.4 Å². The van der Waals surface area contributed by atoms with Crippen LogP contribution in [-0.4, -0.2) is 72.4 Å². The zero-order chi connectivity index (χ0) is 17.7. The third kappa shape index (κ3) is 4.28. The van der Waals surface area contributed by atoms with E-state index in [4.69, 9.17) is 17.0 Å². The zero-order valence-electron chi connectivity index (χ0n) is 14.6. The summed E-state index contributed by atoms with van der Waals surface area (Å²) in [6.45, 7) is 6.39. The molecule has 136 valence electrons. The predicted molar refractivity (Wildman–Crippen MR) is 93.6 cm³/mol. The fourth-order valence-electron chi connectivity index (χ4n) is 3.26. The van der Waals surface area contributed by atoms with E-state index in [-0.39, 0.29) is 30.7 Å². The summed E-state index contributed by atoms with van der Waals surface area (Å²) < 4.78 is 9.88. The number of hydrogen-bond acceptors (Lipinski definition) is 5. The van der Waals surface area contributed by atoms with E-state index in [1.807, 2.05) is 9.80 Å². The van der Waals surface area contributed by atoms with E-state index < -0.39 is 0 Å². The van der Waals surface area contributed by atoms with Gasteiger partial charge in [-0.05, 0) is 31.0 Å². The summed E-state index contributed by atoms with van der Waals surface area (Å²) in [7, 11) is 1.35. The molecule has 1 N–H and O–H groups in total. The highest BCUT2D eigenvalue weighted by molar-refractivity contribution is 7.80. The molecule has 7 nitrogen and oxygen atoms in total. The number of likely N-dealkylation sites (tertiary alicyclic amines) is 1. The van der Waals surface area contributed by atoms with E-state index in [9.17, 15) is 9.59 Å². The number of cyclic esters (lactones) is 1. The first kappa shape index (κ1) is 18.8. The molecule has 24 heavy (non-hydrogen) atoms. The van der Waals surface area contributed by atoms with Crippen molar-refractivity contribution in [1.82, 2.24) is 15.1 Å². The van der Waals surface area contributed by atoms with E-state index in [0.29, 0.717) is 17.6 Å². The smallest absolute Gasteiger partial charge is 0.410 e. The highest BCUT2D eigenvalue weighted by Crippen LogP contribution is 2.28. The van der Waals surface area contributed by atoms with Crippen molar-refractivity contribution in [2.24, 2.45) is 5.92 Å². The zero-order valence-corrected chi connectivity index (χ0v) is 15.4. The summed E-state index contributed by atoms with van der Waals surface area (Å²) in [6.07, 6.45) is 2.53. The number of nitrogens with zero attached hydrogens (tertiary/aromatic N) is 2. The average molecular weight is 357 g/mol. The standard InChI is InChI=1S/C16H27N3O4S/c1-4-11(2)13-10-23-16(21)19(13)12-5-7-18(8-6-12)15(24)17-9-14(20)22-3/h11-13H,4-10H2,1-3H3,(H,17,24). The highest BCUT2D eigenvalue weighted by Gasteiger charge is 2.41. The second kappa shape index (κ2) is 8.50. The van der Waals surface area contributed by atoms with E-state index >= 15 is 0 Å². The van der Waals surface area contributed by atoms with E-state index in [0.717, 1.165) is 32.4 Å². The molecule has 2 fully saturated rings. The van der Waals surface area contributed by atoms with Crippen LogP contribution >= 0.6 is 12.2 Å². The van der Waals surface area contributed by atoms with Crippen LogP contribution in [0, 0.1) is 5.92 Å². The number of methoxy groups -OCH3 is 1. The largest absolute Gasteiger partial charge is 0.468 e. The number of nitrogens with one attached hydrogen (secondary N) is 1. The van der Waals surface area contributed by atoms with Crippen LogP contribution in [0.5, 0.6) is 0 Å². The summed E-state index contributed by atoms with van der Waals surface area (Å²) in [5.41, 5.74) is 0. The first-order valence-corrected chi connectivity index (χ1v) is 8.93. The van der Waals surface area contributed by atoms with E-state index in [1.54, 1.807) is 0 Å². The lowest BCUT2D eigenvalue weighted by Gasteiger charge is -2.39. The maximum Gasteiger partial charge on any atom is 0.410 e. The molecule has 0 aromatic carbocycles. The maximum atomic E-state index is 12.1. The number of ether oxygens (including phenoxy) is 2. The van der Waals surface area contributed by atoms with E-state index in [1.165, 1.54) is 7.11 Å². The first-order chi connectivity index (χ1) is 11.5. The molecule has 2 aliphatic rings. The predicted octanol–water partition coefficient (Wildman–Crippen LogP) is 1.37. The van der Waals surface area contributed by atoms with Crippen LogP contribution in [0.3, 0.4) is 0 Å². The normalized spacial score (nSPS) is 23.0. The van der Waals surface area contributed by atoms with Gasteiger partial charge >= 0.3 is 12.1 Å². The molecule has 2 aliphatic heterocycles. The van der Waals surface area contributed by atoms with Crippen LogP contribution in [0.4, 0.5) is 4.79 Å². The van der Waals surface area contributed by atoms with E-state index in [2.05, 4.69) is 23.9 Å². The quantitative estimate of drug-likeness (QED) is 0.588. The summed E-state index contributed by atoms with van der Waals surface area (Å²) >= 11 is 5.32. The van der Waals surface area contributed by atoms with Crippen molar-refractivity contribution in [2.45, 2.75) is 45.2 Å². The van der Waals surface area contributed by atoms with Gasteiger partial charge in [0.25, 0.3) is 0 Å². The molecule has 2 saturated heterocycles. The Bertz CT molecular complexity index is 480. The van der Waals surface area contributed by atoms with Crippen molar-refractivity contribution in [2.75, 3.05) is 33.4 Å². The molecule has 0 radical (unpaired) electrons. The summed E-state index contributed by atoms with van der Waals surface area (Å²) in [5, 5.41) is 3.47. The SMILES string of the molecule is CCC(C)C1COC(=O)N1C1CCN(C(=S)NCC(=O)OC)CC1. The molecule has 1 amide bonds. The Morgan fingerprint density at radius 3 is 2.71 bits per heavy atom. The molecule has 2 rings (SSSR count).